The van der Waals surface area contributed by atoms with Gasteiger partial charge in [0, 0.05) is 23.7 Å². The zero-order chi connectivity index (χ0) is 16.2. The number of carbonyl (C=O) groups is 1. The number of ether oxygens (including phenoxy) is 3. The molecule has 1 aliphatic rings. The Morgan fingerprint density at radius 1 is 1.17 bits per heavy atom. The molecule has 5 heteroatoms. The minimum atomic E-state index is -0.0592. The Bertz CT molecular complexity index is 710. The lowest BCUT2D eigenvalue weighted by molar-refractivity contribution is 0.0953. The van der Waals surface area contributed by atoms with E-state index < -0.39 is 0 Å². The highest BCUT2D eigenvalue weighted by Crippen LogP contribution is 2.42. The molecule has 0 aromatic heterocycles. The zero-order valence-electron chi connectivity index (χ0n) is 13.2. The maximum atomic E-state index is 12.0. The van der Waals surface area contributed by atoms with E-state index in [2.05, 4.69) is 5.32 Å². The van der Waals surface area contributed by atoms with E-state index in [1.54, 1.807) is 7.11 Å². The van der Waals surface area contributed by atoms with E-state index in [-0.39, 0.29) is 12.7 Å². The van der Waals surface area contributed by atoms with Crippen molar-refractivity contribution in [2.75, 3.05) is 20.4 Å². The Kier molecular flexibility index (Phi) is 4.37. The molecule has 0 fully saturated rings. The molecule has 0 atom stereocenters. The summed E-state index contributed by atoms with van der Waals surface area (Å²) in [6, 6.07) is 11.1. The van der Waals surface area contributed by atoms with Gasteiger partial charge in [0.15, 0.2) is 11.5 Å². The molecule has 1 N–H and O–H groups in total. The number of amides is 1. The fraction of sp³-hybridized carbons (Fsp3) is 0.278. The van der Waals surface area contributed by atoms with Gasteiger partial charge < -0.3 is 19.5 Å². The number of methoxy groups -OCH3 is 1. The molecule has 0 spiro atoms. The van der Waals surface area contributed by atoms with E-state index in [0.717, 1.165) is 17.5 Å². The molecule has 0 saturated carbocycles. The van der Waals surface area contributed by atoms with Crippen molar-refractivity contribution < 1.29 is 19.0 Å². The predicted octanol–water partition coefficient (Wildman–Crippen LogP) is 3.23. The van der Waals surface area contributed by atoms with Crippen LogP contribution in [0.1, 0.15) is 23.7 Å². The number of hydrogen-bond acceptors (Lipinski definition) is 4. The van der Waals surface area contributed by atoms with E-state index in [9.17, 15) is 4.79 Å². The highest BCUT2D eigenvalue weighted by Gasteiger charge is 2.18. The van der Waals surface area contributed by atoms with E-state index >= 15 is 0 Å². The molecule has 1 aliphatic heterocycles. The van der Waals surface area contributed by atoms with Crippen molar-refractivity contribution in [2.24, 2.45) is 0 Å². The third-order valence-electron chi connectivity index (χ3n) is 3.69. The van der Waals surface area contributed by atoms with Crippen molar-refractivity contribution in [2.45, 2.75) is 13.3 Å². The van der Waals surface area contributed by atoms with Gasteiger partial charge in [-0.3, -0.25) is 4.79 Å². The lowest BCUT2D eigenvalue weighted by atomic mass is 10.0. The second-order valence-corrected chi connectivity index (χ2v) is 5.24. The first-order valence-electron chi connectivity index (χ1n) is 7.59. The summed E-state index contributed by atoms with van der Waals surface area (Å²) in [5.74, 6) is 2.03. The fourth-order valence-corrected chi connectivity index (χ4v) is 2.46. The van der Waals surface area contributed by atoms with Gasteiger partial charge in [-0.25, -0.2) is 0 Å². The van der Waals surface area contributed by atoms with Gasteiger partial charge >= 0.3 is 0 Å². The molecule has 3 rings (SSSR count). The standard InChI is InChI=1S/C18H19NO4/c1-3-8-19-18(20)13-6-4-12(5-7-13)14-9-16-17(23-11-22-16)10-15(14)21-2/h4-7,9-10H,3,8,11H2,1-2H3,(H,19,20). The number of carbonyl (C=O) groups excluding carboxylic acids is 1. The molecule has 0 aliphatic carbocycles. The third-order valence-corrected chi connectivity index (χ3v) is 3.69. The van der Waals surface area contributed by atoms with Crippen molar-refractivity contribution in [1.29, 1.82) is 0 Å². The van der Waals surface area contributed by atoms with Crippen LogP contribution in [0.25, 0.3) is 11.1 Å². The van der Waals surface area contributed by atoms with Crippen molar-refractivity contribution in [1.82, 2.24) is 5.32 Å². The SMILES string of the molecule is CCCNC(=O)c1ccc(-c2cc3c(cc2OC)OCO3)cc1. The average Bonchev–Trinajstić information content (AvgIpc) is 3.06. The van der Waals surface area contributed by atoms with Crippen LogP contribution in [-0.4, -0.2) is 26.4 Å². The third kappa shape index (κ3) is 3.08. The van der Waals surface area contributed by atoms with E-state index in [0.29, 0.717) is 29.4 Å². The molecular formula is C18H19NO4. The van der Waals surface area contributed by atoms with Gasteiger partial charge in [0.2, 0.25) is 6.79 Å². The van der Waals surface area contributed by atoms with E-state index in [1.807, 2.05) is 43.3 Å². The first-order valence-corrected chi connectivity index (χ1v) is 7.59. The largest absolute Gasteiger partial charge is 0.496 e. The Morgan fingerprint density at radius 3 is 2.52 bits per heavy atom. The molecule has 2 aromatic rings. The Labute approximate surface area is 135 Å². The maximum absolute atomic E-state index is 12.0. The van der Waals surface area contributed by atoms with Gasteiger partial charge in [-0.15, -0.1) is 0 Å². The highest BCUT2D eigenvalue weighted by molar-refractivity contribution is 5.94. The lowest BCUT2D eigenvalue weighted by Gasteiger charge is -2.11. The van der Waals surface area contributed by atoms with Gasteiger partial charge in [-0.2, -0.15) is 0 Å². The van der Waals surface area contributed by atoms with Crippen LogP contribution in [0.15, 0.2) is 36.4 Å². The molecule has 0 saturated heterocycles. The smallest absolute Gasteiger partial charge is 0.251 e. The minimum absolute atomic E-state index is 0.0592. The predicted molar refractivity (Wildman–Crippen MR) is 87.2 cm³/mol. The van der Waals surface area contributed by atoms with Crippen LogP contribution < -0.4 is 19.5 Å². The minimum Gasteiger partial charge on any atom is -0.496 e. The summed E-state index contributed by atoms with van der Waals surface area (Å²) >= 11 is 0. The molecule has 1 amide bonds. The number of nitrogens with one attached hydrogen (secondary N) is 1. The molecular weight excluding hydrogens is 294 g/mol. The number of rotatable bonds is 5. The summed E-state index contributed by atoms with van der Waals surface area (Å²) in [6.45, 7) is 2.92. The molecule has 120 valence electrons. The quantitative estimate of drug-likeness (QED) is 0.921. The first-order chi connectivity index (χ1) is 11.2. The van der Waals surface area contributed by atoms with E-state index in [4.69, 9.17) is 14.2 Å². The Hall–Kier alpha value is -2.69. The maximum Gasteiger partial charge on any atom is 0.251 e. The summed E-state index contributed by atoms with van der Waals surface area (Å²) < 4.78 is 16.2. The van der Waals surface area contributed by atoms with Crippen LogP contribution in [0.5, 0.6) is 17.2 Å². The van der Waals surface area contributed by atoms with Crippen molar-refractivity contribution in [3.8, 4) is 28.4 Å². The van der Waals surface area contributed by atoms with Crippen LogP contribution in [0.4, 0.5) is 0 Å². The van der Waals surface area contributed by atoms with Crippen LogP contribution in [-0.2, 0) is 0 Å². The normalized spacial score (nSPS) is 12.1. The molecule has 1 heterocycles. The van der Waals surface area contributed by atoms with Crippen LogP contribution in [0.3, 0.4) is 0 Å². The summed E-state index contributed by atoms with van der Waals surface area (Å²) in [5, 5.41) is 2.86. The van der Waals surface area contributed by atoms with Gasteiger partial charge in [0.05, 0.1) is 7.11 Å². The number of benzene rings is 2. The van der Waals surface area contributed by atoms with Gasteiger partial charge in [-0.05, 0) is 30.2 Å². The second-order valence-electron chi connectivity index (χ2n) is 5.24. The first kappa shape index (κ1) is 15.2. The summed E-state index contributed by atoms with van der Waals surface area (Å²) in [7, 11) is 1.62. The van der Waals surface area contributed by atoms with Gasteiger partial charge in [0.1, 0.15) is 5.75 Å². The zero-order valence-corrected chi connectivity index (χ0v) is 13.2. The van der Waals surface area contributed by atoms with Crippen LogP contribution >= 0.6 is 0 Å². The monoisotopic (exact) mass is 313 g/mol. The fourth-order valence-electron chi connectivity index (χ4n) is 2.46. The molecule has 0 bridgehead atoms. The summed E-state index contributed by atoms with van der Waals surface area (Å²) in [5.41, 5.74) is 2.49. The number of hydrogen-bond donors (Lipinski definition) is 1. The Balaban J connectivity index is 1.89. The second kappa shape index (κ2) is 6.60. The number of fused-ring (bicyclic) bond motifs is 1. The topological polar surface area (TPSA) is 56.8 Å². The summed E-state index contributed by atoms with van der Waals surface area (Å²) in [4.78, 5) is 12.0. The highest BCUT2D eigenvalue weighted by atomic mass is 16.7. The molecule has 0 unspecified atom stereocenters. The van der Waals surface area contributed by atoms with Crippen LogP contribution in [0, 0.1) is 0 Å². The van der Waals surface area contributed by atoms with Gasteiger partial charge in [0.25, 0.3) is 5.91 Å². The molecule has 2 aromatic carbocycles. The summed E-state index contributed by atoms with van der Waals surface area (Å²) in [6.07, 6.45) is 0.915. The molecule has 0 radical (unpaired) electrons. The lowest BCUT2D eigenvalue weighted by Crippen LogP contribution is -2.23. The van der Waals surface area contributed by atoms with Crippen LogP contribution in [0.2, 0.25) is 0 Å². The Morgan fingerprint density at radius 2 is 1.87 bits per heavy atom. The van der Waals surface area contributed by atoms with Crippen molar-refractivity contribution in [3.05, 3.63) is 42.0 Å². The molecule has 23 heavy (non-hydrogen) atoms. The van der Waals surface area contributed by atoms with E-state index in [1.165, 1.54) is 0 Å². The average molecular weight is 313 g/mol. The van der Waals surface area contributed by atoms with Crippen molar-refractivity contribution >= 4 is 5.91 Å². The van der Waals surface area contributed by atoms with Crippen molar-refractivity contribution in [3.63, 3.8) is 0 Å². The van der Waals surface area contributed by atoms with Gasteiger partial charge in [-0.1, -0.05) is 19.1 Å². The molecule has 5 nitrogen and oxygen atoms in total.